The van der Waals surface area contributed by atoms with Crippen LogP contribution in [0.4, 0.5) is 8.78 Å². The molecule has 0 heterocycles. The molecule has 1 aromatic rings. The van der Waals surface area contributed by atoms with Gasteiger partial charge in [0.05, 0.1) is 17.1 Å². The molecule has 0 unspecified atom stereocenters. The van der Waals surface area contributed by atoms with Gasteiger partial charge in [-0.25, -0.2) is 4.39 Å². The number of hydrogen-bond donors (Lipinski definition) is 1. The molecule has 6 heteroatoms. The average molecular weight is 280 g/mol. The van der Waals surface area contributed by atoms with E-state index in [1.54, 1.807) is 0 Å². The standard InChI is InChI=1S/C9H8BrF2NO2/c1-13-9(14)4-3-5(10)6(11)7(12)8(4)15-2/h3H,1-2H3,(H,13,14). The summed E-state index contributed by atoms with van der Waals surface area (Å²) in [6, 6.07) is 1.16. The molecule has 82 valence electrons. The summed E-state index contributed by atoms with van der Waals surface area (Å²) in [5.74, 6) is -3.23. The maximum atomic E-state index is 13.3. The molecule has 1 amide bonds. The van der Waals surface area contributed by atoms with Crippen molar-refractivity contribution in [3.8, 4) is 5.75 Å². The van der Waals surface area contributed by atoms with E-state index in [0.29, 0.717) is 0 Å². The Balaban J connectivity index is 3.45. The van der Waals surface area contributed by atoms with Gasteiger partial charge in [-0.3, -0.25) is 4.79 Å². The minimum atomic E-state index is -1.19. The molecular weight excluding hydrogens is 272 g/mol. The Labute approximate surface area is 93.5 Å². The zero-order valence-corrected chi connectivity index (χ0v) is 9.61. The molecule has 15 heavy (non-hydrogen) atoms. The topological polar surface area (TPSA) is 38.3 Å². The van der Waals surface area contributed by atoms with Crippen LogP contribution in [0.2, 0.25) is 0 Å². The van der Waals surface area contributed by atoms with E-state index in [2.05, 4.69) is 26.0 Å². The molecule has 0 atom stereocenters. The Hall–Kier alpha value is -1.17. The van der Waals surface area contributed by atoms with Crippen LogP contribution >= 0.6 is 15.9 Å². The van der Waals surface area contributed by atoms with Gasteiger partial charge in [0.25, 0.3) is 5.91 Å². The predicted octanol–water partition coefficient (Wildman–Crippen LogP) is 2.10. The molecule has 1 rings (SSSR count). The third-order valence-corrected chi connectivity index (χ3v) is 2.37. The zero-order valence-electron chi connectivity index (χ0n) is 8.03. The second-order valence-corrected chi connectivity index (χ2v) is 3.50. The Morgan fingerprint density at radius 2 is 2.07 bits per heavy atom. The number of carbonyl (C=O) groups excluding carboxylic acids is 1. The molecule has 0 aliphatic heterocycles. The molecule has 0 bridgehead atoms. The lowest BCUT2D eigenvalue weighted by Crippen LogP contribution is -2.19. The minimum Gasteiger partial charge on any atom is -0.493 e. The van der Waals surface area contributed by atoms with Crippen LogP contribution in [0.25, 0.3) is 0 Å². The Bertz CT molecular complexity index is 410. The van der Waals surface area contributed by atoms with Gasteiger partial charge in [-0.15, -0.1) is 0 Å². The Morgan fingerprint density at radius 1 is 1.47 bits per heavy atom. The van der Waals surface area contributed by atoms with Crippen molar-refractivity contribution >= 4 is 21.8 Å². The van der Waals surface area contributed by atoms with E-state index in [1.165, 1.54) is 7.05 Å². The number of benzene rings is 1. The zero-order chi connectivity index (χ0) is 11.6. The summed E-state index contributed by atoms with van der Waals surface area (Å²) < 4.78 is 30.9. The molecule has 0 aliphatic rings. The van der Waals surface area contributed by atoms with Crippen LogP contribution in [0.5, 0.6) is 5.75 Å². The molecule has 3 nitrogen and oxygen atoms in total. The quantitative estimate of drug-likeness (QED) is 0.842. The third kappa shape index (κ3) is 2.09. The van der Waals surface area contributed by atoms with E-state index in [1.807, 2.05) is 0 Å². The summed E-state index contributed by atoms with van der Waals surface area (Å²) in [7, 11) is 2.55. The summed E-state index contributed by atoms with van der Waals surface area (Å²) in [5, 5.41) is 2.30. The number of nitrogens with one attached hydrogen (secondary N) is 1. The number of hydrogen-bond acceptors (Lipinski definition) is 2. The Kier molecular flexibility index (Phi) is 3.62. The first-order valence-electron chi connectivity index (χ1n) is 3.96. The molecule has 1 N–H and O–H groups in total. The van der Waals surface area contributed by atoms with Crippen molar-refractivity contribution in [2.24, 2.45) is 0 Å². The van der Waals surface area contributed by atoms with Gasteiger partial charge in [0.15, 0.2) is 11.6 Å². The second-order valence-electron chi connectivity index (χ2n) is 2.65. The molecule has 0 aromatic heterocycles. The molecule has 0 saturated carbocycles. The number of ether oxygens (including phenoxy) is 1. The lowest BCUT2D eigenvalue weighted by molar-refractivity contribution is 0.0959. The number of rotatable bonds is 2. The molecule has 0 aliphatic carbocycles. The van der Waals surface area contributed by atoms with Crippen molar-refractivity contribution in [1.29, 1.82) is 0 Å². The molecular formula is C9H8BrF2NO2. The van der Waals surface area contributed by atoms with Crippen molar-refractivity contribution in [2.75, 3.05) is 14.2 Å². The van der Waals surface area contributed by atoms with Crippen LogP contribution < -0.4 is 10.1 Å². The highest BCUT2D eigenvalue weighted by Crippen LogP contribution is 2.30. The van der Waals surface area contributed by atoms with Crippen molar-refractivity contribution < 1.29 is 18.3 Å². The summed E-state index contributed by atoms with van der Waals surface area (Å²) in [6.45, 7) is 0. The van der Waals surface area contributed by atoms with Crippen molar-refractivity contribution in [3.63, 3.8) is 0 Å². The van der Waals surface area contributed by atoms with Crippen LogP contribution in [0, 0.1) is 11.6 Å². The lowest BCUT2D eigenvalue weighted by atomic mass is 10.1. The second kappa shape index (κ2) is 4.57. The van der Waals surface area contributed by atoms with Gasteiger partial charge in [-0.2, -0.15) is 4.39 Å². The van der Waals surface area contributed by atoms with Crippen LogP contribution in [-0.2, 0) is 0 Å². The van der Waals surface area contributed by atoms with Crippen molar-refractivity contribution in [3.05, 3.63) is 27.7 Å². The van der Waals surface area contributed by atoms with E-state index >= 15 is 0 Å². The molecule has 0 fully saturated rings. The van der Waals surface area contributed by atoms with E-state index in [-0.39, 0.29) is 10.0 Å². The first-order valence-corrected chi connectivity index (χ1v) is 4.75. The number of halogens is 3. The van der Waals surface area contributed by atoms with E-state index in [0.717, 1.165) is 13.2 Å². The number of methoxy groups -OCH3 is 1. The van der Waals surface area contributed by atoms with E-state index < -0.39 is 23.3 Å². The highest BCUT2D eigenvalue weighted by Gasteiger charge is 2.21. The van der Waals surface area contributed by atoms with Crippen LogP contribution in [0.1, 0.15) is 10.4 Å². The summed E-state index contributed by atoms with van der Waals surface area (Å²) >= 11 is 2.81. The van der Waals surface area contributed by atoms with Gasteiger partial charge in [0.1, 0.15) is 0 Å². The number of amides is 1. The highest BCUT2D eigenvalue weighted by molar-refractivity contribution is 9.10. The fourth-order valence-corrected chi connectivity index (χ4v) is 1.48. The predicted molar refractivity (Wildman–Crippen MR) is 54.0 cm³/mol. The molecule has 0 spiro atoms. The van der Waals surface area contributed by atoms with Gasteiger partial charge in [0.2, 0.25) is 5.82 Å². The van der Waals surface area contributed by atoms with Gasteiger partial charge < -0.3 is 10.1 Å². The lowest BCUT2D eigenvalue weighted by Gasteiger charge is -2.09. The summed E-state index contributed by atoms with van der Waals surface area (Å²) in [4.78, 5) is 11.3. The van der Waals surface area contributed by atoms with Gasteiger partial charge in [0, 0.05) is 7.05 Å². The maximum Gasteiger partial charge on any atom is 0.254 e. The van der Waals surface area contributed by atoms with Crippen LogP contribution in [0.15, 0.2) is 10.5 Å². The average Bonchev–Trinajstić information content (AvgIpc) is 2.24. The minimum absolute atomic E-state index is 0.0641. The van der Waals surface area contributed by atoms with Gasteiger partial charge in [-0.1, -0.05) is 0 Å². The number of carbonyl (C=O) groups is 1. The van der Waals surface area contributed by atoms with Crippen LogP contribution in [-0.4, -0.2) is 20.1 Å². The normalized spacial score (nSPS) is 9.93. The first kappa shape index (κ1) is 11.9. The fourth-order valence-electron chi connectivity index (χ4n) is 1.08. The van der Waals surface area contributed by atoms with Crippen molar-refractivity contribution in [1.82, 2.24) is 5.32 Å². The largest absolute Gasteiger partial charge is 0.493 e. The maximum absolute atomic E-state index is 13.3. The fraction of sp³-hybridized carbons (Fsp3) is 0.222. The summed E-state index contributed by atoms with van der Waals surface area (Å²) in [6.07, 6.45) is 0. The summed E-state index contributed by atoms with van der Waals surface area (Å²) in [5.41, 5.74) is -0.0641. The third-order valence-electron chi connectivity index (χ3n) is 1.79. The van der Waals surface area contributed by atoms with Crippen LogP contribution in [0.3, 0.4) is 0 Å². The van der Waals surface area contributed by atoms with Crippen molar-refractivity contribution in [2.45, 2.75) is 0 Å². The van der Waals surface area contributed by atoms with Gasteiger partial charge in [-0.05, 0) is 22.0 Å². The smallest absolute Gasteiger partial charge is 0.254 e. The SMILES string of the molecule is CNC(=O)c1cc(Br)c(F)c(F)c1OC. The first-order chi connectivity index (χ1) is 7.02. The molecule has 0 saturated heterocycles. The van der Waals surface area contributed by atoms with Gasteiger partial charge >= 0.3 is 0 Å². The van der Waals surface area contributed by atoms with E-state index in [4.69, 9.17) is 0 Å². The molecule has 0 radical (unpaired) electrons. The monoisotopic (exact) mass is 279 g/mol. The highest BCUT2D eigenvalue weighted by atomic mass is 79.9. The molecule has 1 aromatic carbocycles. The Morgan fingerprint density at radius 3 is 2.53 bits per heavy atom. The van der Waals surface area contributed by atoms with E-state index in [9.17, 15) is 13.6 Å².